The number of aryl methyl sites for hydroxylation is 1. The van der Waals surface area contributed by atoms with Crippen molar-refractivity contribution >= 4 is 21.6 Å². The van der Waals surface area contributed by atoms with Gasteiger partial charge in [0.15, 0.2) is 0 Å². The molecule has 0 atom stereocenters. The maximum atomic E-state index is 13.7. The van der Waals surface area contributed by atoms with Crippen LogP contribution < -0.4 is 4.90 Å². The second-order valence-corrected chi connectivity index (χ2v) is 9.69. The second-order valence-electron chi connectivity index (χ2n) is 7.76. The van der Waals surface area contributed by atoms with Crippen LogP contribution in [-0.4, -0.2) is 35.4 Å². The van der Waals surface area contributed by atoms with Gasteiger partial charge in [-0.1, -0.05) is 30.3 Å². The van der Waals surface area contributed by atoms with Crippen LogP contribution in [0, 0.1) is 0 Å². The first-order valence-electron chi connectivity index (χ1n) is 10.0. The zero-order valence-corrected chi connectivity index (χ0v) is 17.2. The molecule has 0 saturated heterocycles. The molecule has 0 spiro atoms. The van der Waals surface area contributed by atoms with E-state index in [4.69, 9.17) is 0 Å². The molecule has 0 unspecified atom stereocenters. The van der Waals surface area contributed by atoms with Gasteiger partial charge in [-0.2, -0.15) is 9.40 Å². The van der Waals surface area contributed by atoms with Crippen molar-refractivity contribution in [2.24, 2.45) is 0 Å². The Morgan fingerprint density at radius 3 is 2.63 bits per heavy atom. The average Bonchev–Trinajstić information content (AvgIpc) is 3.37. The van der Waals surface area contributed by atoms with E-state index in [1.165, 1.54) is 4.31 Å². The fraction of sp³-hybridized carbons (Fsp3) is 0.273. The van der Waals surface area contributed by atoms with Crippen LogP contribution in [0.4, 0.5) is 5.69 Å². The van der Waals surface area contributed by atoms with Crippen LogP contribution in [0.5, 0.6) is 0 Å². The van der Waals surface area contributed by atoms with Crippen LogP contribution in [0.25, 0.3) is 0 Å². The van der Waals surface area contributed by atoms with Crippen molar-refractivity contribution in [3.8, 4) is 0 Å². The maximum Gasteiger partial charge on any atom is 0.243 e. The molecule has 30 heavy (non-hydrogen) atoms. The number of carbonyl (C=O) groups is 1. The summed E-state index contributed by atoms with van der Waals surface area (Å²) in [5.41, 5.74) is 4.32. The average molecular weight is 423 g/mol. The molecule has 0 fully saturated rings. The summed E-state index contributed by atoms with van der Waals surface area (Å²) in [6, 6.07) is 14.7. The van der Waals surface area contributed by atoms with Gasteiger partial charge in [-0.3, -0.25) is 9.89 Å². The standard InChI is InChI=1S/C22H22N4O3S/c27-21-13-18-12-20(11-17-7-4-10-26(21)22(17)18)30(28,29)25(15-19-8-9-23-24-19)14-16-5-2-1-3-6-16/h1-3,5-6,8-9,11-12H,4,7,10,13-15H2,(H,23,24). The molecular weight excluding hydrogens is 400 g/mol. The molecule has 0 bridgehead atoms. The number of hydrogen-bond acceptors (Lipinski definition) is 4. The van der Waals surface area contributed by atoms with E-state index in [2.05, 4.69) is 10.2 Å². The first kappa shape index (κ1) is 19.0. The van der Waals surface area contributed by atoms with Crippen molar-refractivity contribution in [1.82, 2.24) is 14.5 Å². The number of benzene rings is 2. The van der Waals surface area contributed by atoms with Crippen LogP contribution >= 0.6 is 0 Å². The minimum Gasteiger partial charge on any atom is -0.312 e. The van der Waals surface area contributed by atoms with Crippen molar-refractivity contribution < 1.29 is 13.2 Å². The Bertz CT molecular complexity index is 1190. The number of H-pyrrole nitrogens is 1. The number of anilines is 1. The van der Waals surface area contributed by atoms with Crippen molar-refractivity contribution in [3.05, 3.63) is 77.1 Å². The van der Waals surface area contributed by atoms with E-state index in [1.54, 1.807) is 29.3 Å². The fourth-order valence-electron chi connectivity index (χ4n) is 4.32. The van der Waals surface area contributed by atoms with Crippen molar-refractivity contribution in [1.29, 1.82) is 0 Å². The fourth-order valence-corrected chi connectivity index (χ4v) is 5.83. The highest BCUT2D eigenvalue weighted by Gasteiger charge is 2.35. The van der Waals surface area contributed by atoms with Gasteiger partial charge in [-0.25, -0.2) is 8.42 Å². The van der Waals surface area contributed by atoms with Crippen LogP contribution in [0.1, 0.15) is 28.8 Å². The normalized spacial score (nSPS) is 15.6. The van der Waals surface area contributed by atoms with Gasteiger partial charge >= 0.3 is 0 Å². The third-order valence-corrected chi connectivity index (χ3v) is 7.50. The first-order chi connectivity index (χ1) is 14.5. The molecule has 3 aromatic rings. The zero-order valence-electron chi connectivity index (χ0n) is 16.4. The molecule has 0 radical (unpaired) electrons. The van der Waals surface area contributed by atoms with E-state index in [9.17, 15) is 13.2 Å². The summed E-state index contributed by atoms with van der Waals surface area (Å²) in [6.07, 6.45) is 3.52. The second kappa shape index (κ2) is 7.37. The number of sulfonamides is 1. The number of carbonyl (C=O) groups excluding carboxylic acids is 1. The summed E-state index contributed by atoms with van der Waals surface area (Å²) < 4.78 is 28.9. The number of nitrogens with one attached hydrogen (secondary N) is 1. The lowest BCUT2D eigenvalue weighted by molar-refractivity contribution is -0.117. The molecule has 2 aliphatic heterocycles. The Morgan fingerprint density at radius 2 is 1.87 bits per heavy atom. The van der Waals surface area contributed by atoms with Crippen LogP contribution in [0.2, 0.25) is 0 Å². The predicted molar refractivity (Wildman–Crippen MR) is 112 cm³/mol. The van der Waals surface area contributed by atoms with E-state index < -0.39 is 10.0 Å². The van der Waals surface area contributed by atoms with Crippen molar-refractivity contribution in [2.75, 3.05) is 11.4 Å². The minimum absolute atomic E-state index is 0.0547. The molecule has 2 aromatic carbocycles. The first-order valence-corrected chi connectivity index (χ1v) is 11.4. The molecule has 3 heterocycles. The Balaban J connectivity index is 1.55. The number of nitrogens with zero attached hydrogens (tertiary/aromatic N) is 3. The van der Waals surface area contributed by atoms with Gasteiger partial charge in [-0.15, -0.1) is 0 Å². The van der Waals surface area contributed by atoms with E-state index in [1.807, 2.05) is 30.3 Å². The third kappa shape index (κ3) is 3.32. The molecule has 1 aromatic heterocycles. The van der Waals surface area contributed by atoms with Gasteiger partial charge in [0.05, 0.1) is 29.2 Å². The summed E-state index contributed by atoms with van der Waals surface area (Å²) in [5.74, 6) is 0.0547. The molecule has 154 valence electrons. The molecule has 1 amide bonds. The van der Waals surface area contributed by atoms with Gasteiger partial charge < -0.3 is 4.90 Å². The summed E-state index contributed by atoms with van der Waals surface area (Å²) >= 11 is 0. The molecule has 0 saturated carbocycles. The highest BCUT2D eigenvalue weighted by Crippen LogP contribution is 2.39. The molecule has 0 aliphatic carbocycles. The van der Waals surface area contributed by atoms with Gasteiger partial charge in [0.1, 0.15) is 0 Å². The molecule has 1 N–H and O–H groups in total. The van der Waals surface area contributed by atoms with Crippen LogP contribution in [-0.2, 0) is 40.7 Å². The topological polar surface area (TPSA) is 86.4 Å². The third-order valence-electron chi connectivity index (χ3n) is 5.73. The Hall–Kier alpha value is -2.97. The predicted octanol–water partition coefficient (Wildman–Crippen LogP) is 2.64. The number of aromatic amines is 1. The lowest BCUT2D eigenvalue weighted by Crippen LogP contribution is -2.32. The molecular formula is C22H22N4O3S. The summed E-state index contributed by atoms with van der Waals surface area (Å²) in [6.45, 7) is 1.15. The quantitative estimate of drug-likeness (QED) is 0.662. The highest BCUT2D eigenvalue weighted by atomic mass is 32.2. The number of amides is 1. The van der Waals surface area contributed by atoms with E-state index in [-0.39, 0.29) is 30.3 Å². The number of rotatable bonds is 6. The van der Waals surface area contributed by atoms with Gasteiger partial charge in [-0.05, 0) is 47.7 Å². The zero-order chi connectivity index (χ0) is 20.7. The smallest absolute Gasteiger partial charge is 0.243 e. The number of hydrogen-bond donors (Lipinski definition) is 1. The largest absolute Gasteiger partial charge is 0.312 e. The van der Waals surface area contributed by atoms with E-state index >= 15 is 0 Å². The summed E-state index contributed by atoms with van der Waals surface area (Å²) in [4.78, 5) is 14.4. The minimum atomic E-state index is -3.78. The molecule has 5 rings (SSSR count). The van der Waals surface area contributed by atoms with Gasteiger partial charge in [0.25, 0.3) is 0 Å². The lowest BCUT2D eigenvalue weighted by atomic mass is 10.0. The molecule has 8 heteroatoms. The molecule has 2 aliphatic rings. The van der Waals surface area contributed by atoms with Crippen LogP contribution in [0.15, 0.2) is 59.6 Å². The SMILES string of the molecule is O=C1Cc2cc(S(=O)(=O)N(Cc3ccccc3)Cc3ccn[nH]3)cc3c2N1CCC3. The van der Waals surface area contributed by atoms with Crippen molar-refractivity contribution in [2.45, 2.75) is 37.2 Å². The van der Waals surface area contributed by atoms with E-state index in [0.717, 1.165) is 40.9 Å². The highest BCUT2D eigenvalue weighted by molar-refractivity contribution is 7.89. The van der Waals surface area contributed by atoms with Gasteiger partial charge in [0.2, 0.25) is 15.9 Å². The summed E-state index contributed by atoms with van der Waals surface area (Å²) in [7, 11) is -3.78. The van der Waals surface area contributed by atoms with Gasteiger partial charge in [0, 0.05) is 19.3 Å². The Morgan fingerprint density at radius 1 is 1.07 bits per heavy atom. The van der Waals surface area contributed by atoms with Crippen molar-refractivity contribution in [3.63, 3.8) is 0 Å². The lowest BCUT2D eigenvalue weighted by Gasteiger charge is -2.27. The molecule has 7 nitrogen and oxygen atoms in total. The monoisotopic (exact) mass is 422 g/mol. The van der Waals surface area contributed by atoms with E-state index in [0.29, 0.717) is 6.54 Å². The summed E-state index contributed by atoms with van der Waals surface area (Å²) in [5, 5.41) is 6.80. The Kier molecular flexibility index (Phi) is 4.67. The Labute approximate surface area is 175 Å². The van der Waals surface area contributed by atoms with Crippen LogP contribution in [0.3, 0.4) is 0 Å². The number of aromatic nitrogens is 2. The maximum absolute atomic E-state index is 13.7.